The molecule has 0 aliphatic rings. The molecule has 0 saturated carbocycles. The molecule has 0 heterocycles. The van der Waals surface area contributed by atoms with E-state index in [4.69, 9.17) is 5.11 Å². The Balaban J connectivity index is 2.86. The second-order valence-electron chi connectivity index (χ2n) is 3.59. The fraction of sp³-hybridized carbons (Fsp3) is 0.300. The first-order chi connectivity index (χ1) is 8.74. The third-order valence-electron chi connectivity index (χ3n) is 2.09. The molecule has 5 nitrogen and oxygen atoms in total. The third-order valence-corrected chi connectivity index (χ3v) is 4.52. The molecule has 0 spiro atoms. The Morgan fingerprint density at radius 3 is 2.53 bits per heavy atom. The monoisotopic (exact) mass is 357 g/mol. The van der Waals surface area contributed by atoms with E-state index >= 15 is 0 Å². The first-order valence-corrected chi connectivity index (χ1v) is 7.37. The summed E-state index contributed by atoms with van der Waals surface area (Å²) < 4.78 is 51.7. The average Bonchev–Trinajstić information content (AvgIpc) is 2.22. The Labute approximate surface area is 116 Å². The largest absolute Gasteiger partial charge is 0.481 e. The zero-order valence-corrected chi connectivity index (χ0v) is 11.9. The Morgan fingerprint density at radius 2 is 2.00 bits per heavy atom. The molecule has 1 aromatic rings. The van der Waals surface area contributed by atoms with E-state index in [0.717, 1.165) is 6.07 Å². The van der Waals surface area contributed by atoms with Crippen molar-refractivity contribution < 1.29 is 27.1 Å². The van der Waals surface area contributed by atoms with E-state index in [1.54, 1.807) is 0 Å². The molecule has 0 aliphatic carbocycles. The molecule has 106 valence electrons. The van der Waals surface area contributed by atoms with Gasteiger partial charge in [-0.2, -0.15) is 0 Å². The van der Waals surface area contributed by atoms with Crippen LogP contribution in [0, 0.1) is 11.6 Å². The van der Waals surface area contributed by atoms with Crippen molar-refractivity contribution in [3.63, 3.8) is 0 Å². The molecule has 19 heavy (non-hydrogen) atoms. The lowest BCUT2D eigenvalue weighted by molar-refractivity contribution is -0.137. The lowest BCUT2D eigenvalue weighted by Gasteiger charge is -2.09. The zero-order chi connectivity index (χ0) is 14.6. The highest BCUT2D eigenvalue weighted by atomic mass is 79.9. The summed E-state index contributed by atoms with van der Waals surface area (Å²) >= 11 is 2.77. The van der Waals surface area contributed by atoms with Gasteiger partial charge in [0.15, 0.2) is 0 Å². The van der Waals surface area contributed by atoms with Gasteiger partial charge in [0.05, 0.1) is 0 Å². The van der Waals surface area contributed by atoms with Gasteiger partial charge in [-0.25, -0.2) is 21.9 Å². The molecule has 0 amide bonds. The predicted molar refractivity (Wildman–Crippen MR) is 66.1 cm³/mol. The lowest BCUT2D eigenvalue weighted by atomic mass is 10.3. The minimum Gasteiger partial charge on any atom is -0.481 e. The van der Waals surface area contributed by atoms with Crippen LogP contribution in [0.1, 0.15) is 12.8 Å². The second kappa shape index (κ2) is 6.40. The quantitative estimate of drug-likeness (QED) is 0.761. The number of benzene rings is 1. The van der Waals surface area contributed by atoms with E-state index in [9.17, 15) is 22.0 Å². The van der Waals surface area contributed by atoms with Gasteiger partial charge < -0.3 is 5.11 Å². The smallest absolute Gasteiger partial charge is 0.303 e. The van der Waals surface area contributed by atoms with Gasteiger partial charge in [-0.15, -0.1) is 0 Å². The summed E-state index contributed by atoms with van der Waals surface area (Å²) in [6, 6.07) is 1.28. The molecular weight excluding hydrogens is 348 g/mol. The zero-order valence-electron chi connectivity index (χ0n) is 9.49. The van der Waals surface area contributed by atoms with Gasteiger partial charge >= 0.3 is 5.97 Å². The summed E-state index contributed by atoms with van der Waals surface area (Å²) in [5.41, 5.74) is 0. The summed E-state index contributed by atoms with van der Waals surface area (Å²) in [7, 11) is -4.17. The molecule has 2 N–H and O–H groups in total. The first kappa shape index (κ1) is 16.0. The van der Waals surface area contributed by atoms with E-state index in [1.165, 1.54) is 0 Å². The van der Waals surface area contributed by atoms with Crippen LogP contribution in [0.4, 0.5) is 8.78 Å². The molecule has 1 rings (SSSR count). The van der Waals surface area contributed by atoms with E-state index in [1.807, 2.05) is 4.72 Å². The molecule has 0 atom stereocenters. The molecule has 0 fully saturated rings. The maximum atomic E-state index is 13.5. The van der Waals surface area contributed by atoms with E-state index in [0.29, 0.717) is 6.07 Å². The number of carboxylic acid groups (broad SMARTS) is 1. The number of sulfonamides is 1. The fourth-order valence-electron chi connectivity index (χ4n) is 1.30. The van der Waals surface area contributed by atoms with Gasteiger partial charge in [0.25, 0.3) is 0 Å². The Hall–Kier alpha value is -1.06. The van der Waals surface area contributed by atoms with Crippen LogP contribution in [-0.4, -0.2) is 26.0 Å². The normalized spacial score (nSPS) is 11.5. The predicted octanol–water partition coefficient (Wildman–Crippen LogP) is 1.87. The van der Waals surface area contributed by atoms with Gasteiger partial charge in [0.1, 0.15) is 16.5 Å². The Bertz CT molecular complexity index is 568. The van der Waals surface area contributed by atoms with Gasteiger partial charge in [-0.05, 0) is 28.4 Å². The third kappa shape index (κ3) is 4.51. The summed E-state index contributed by atoms with van der Waals surface area (Å²) in [4.78, 5) is 9.55. The van der Waals surface area contributed by atoms with Crippen molar-refractivity contribution in [1.82, 2.24) is 4.72 Å². The highest BCUT2D eigenvalue weighted by Crippen LogP contribution is 2.25. The van der Waals surface area contributed by atoms with Crippen molar-refractivity contribution in [3.8, 4) is 0 Å². The van der Waals surface area contributed by atoms with Gasteiger partial charge in [0.2, 0.25) is 10.0 Å². The molecule has 1 aromatic carbocycles. The van der Waals surface area contributed by atoms with Crippen molar-refractivity contribution in [1.29, 1.82) is 0 Å². The highest BCUT2D eigenvalue weighted by molar-refractivity contribution is 9.10. The topological polar surface area (TPSA) is 83.5 Å². The molecule has 0 radical (unpaired) electrons. The molecule has 0 aromatic heterocycles. The number of hydrogen-bond donors (Lipinski definition) is 2. The van der Waals surface area contributed by atoms with Crippen molar-refractivity contribution >= 4 is 31.9 Å². The molecule has 0 aliphatic heterocycles. The lowest BCUT2D eigenvalue weighted by Crippen LogP contribution is -2.26. The summed E-state index contributed by atoms with van der Waals surface area (Å²) in [6.07, 6.45) is -0.148. The summed E-state index contributed by atoms with van der Waals surface area (Å²) in [5, 5.41) is 8.39. The first-order valence-electron chi connectivity index (χ1n) is 5.10. The van der Waals surface area contributed by atoms with E-state index in [2.05, 4.69) is 15.9 Å². The van der Waals surface area contributed by atoms with Gasteiger partial charge in [0, 0.05) is 23.5 Å². The SMILES string of the molecule is O=C(O)CCCNS(=O)(=O)c1c(F)cc(F)cc1Br. The molecule has 9 heteroatoms. The minimum absolute atomic E-state index is 0.0645. The van der Waals surface area contributed by atoms with Crippen LogP contribution in [-0.2, 0) is 14.8 Å². The minimum atomic E-state index is -4.17. The summed E-state index contributed by atoms with van der Waals surface area (Å²) in [5.74, 6) is -3.19. The maximum Gasteiger partial charge on any atom is 0.303 e. The van der Waals surface area contributed by atoms with Crippen molar-refractivity contribution in [3.05, 3.63) is 28.2 Å². The Morgan fingerprint density at radius 1 is 1.37 bits per heavy atom. The van der Waals surface area contributed by atoms with Crippen LogP contribution in [0.3, 0.4) is 0 Å². The van der Waals surface area contributed by atoms with Crippen LogP contribution in [0.15, 0.2) is 21.5 Å². The number of halogens is 3. The number of hydrogen-bond acceptors (Lipinski definition) is 3. The number of carbonyl (C=O) groups is 1. The number of aliphatic carboxylic acids is 1. The summed E-state index contributed by atoms with van der Waals surface area (Å²) in [6.45, 7) is -0.155. The molecule has 0 bridgehead atoms. The van der Waals surface area contributed by atoms with Gasteiger partial charge in [-0.1, -0.05) is 0 Å². The molecular formula is C10H10BrF2NO4S. The van der Waals surface area contributed by atoms with Crippen molar-refractivity contribution in [2.24, 2.45) is 0 Å². The highest BCUT2D eigenvalue weighted by Gasteiger charge is 2.23. The van der Waals surface area contributed by atoms with Crippen LogP contribution in [0.25, 0.3) is 0 Å². The standard InChI is InChI=1S/C10H10BrF2NO4S/c11-7-4-6(12)5-8(13)10(7)19(17,18)14-3-1-2-9(15)16/h4-5,14H,1-3H2,(H,15,16). The van der Waals surface area contributed by atoms with Gasteiger partial charge in [-0.3, -0.25) is 4.79 Å². The number of carboxylic acids is 1. The maximum absolute atomic E-state index is 13.5. The number of nitrogens with one attached hydrogen (secondary N) is 1. The average molecular weight is 358 g/mol. The van der Waals surface area contributed by atoms with Crippen LogP contribution in [0.5, 0.6) is 0 Å². The van der Waals surface area contributed by atoms with E-state index in [-0.39, 0.29) is 23.9 Å². The van der Waals surface area contributed by atoms with E-state index < -0.39 is 32.5 Å². The van der Waals surface area contributed by atoms with Crippen LogP contribution in [0.2, 0.25) is 0 Å². The van der Waals surface area contributed by atoms with Crippen LogP contribution >= 0.6 is 15.9 Å². The van der Waals surface area contributed by atoms with Crippen molar-refractivity contribution in [2.75, 3.05) is 6.54 Å². The molecule has 0 saturated heterocycles. The second-order valence-corrected chi connectivity index (χ2v) is 6.15. The Kier molecular flexibility index (Phi) is 5.39. The van der Waals surface area contributed by atoms with Crippen molar-refractivity contribution in [2.45, 2.75) is 17.7 Å². The number of rotatable bonds is 6. The van der Waals surface area contributed by atoms with Crippen LogP contribution < -0.4 is 4.72 Å². The molecule has 0 unspecified atom stereocenters. The fourth-order valence-corrected chi connectivity index (χ4v) is 3.54.